The lowest BCUT2D eigenvalue weighted by Gasteiger charge is -2.34. The van der Waals surface area contributed by atoms with Crippen molar-refractivity contribution in [2.24, 2.45) is 0 Å². The molecular formula is C9H16ClNO2. The van der Waals surface area contributed by atoms with Gasteiger partial charge >= 0.3 is 0 Å². The molecule has 3 nitrogen and oxygen atoms in total. The highest BCUT2D eigenvalue weighted by Gasteiger charge is 2.28. The predicted molar refractivity (Wildman–Crippen MR) is 51.9 cm³/mol. The van der Waals surface area contributed by atoms with E-state index in [1.165, 1.54) is 0 Å². The summed E-state index contributed by atoms with van der Waals surface area (Å²) in [6, 6.07) is 0. The zero-order chi connectivity index (χ0) is 9.73. The second-order valence-electron chi connectivity index (χ2n) is 3.70. The molecule has 1 unspecified atom stereocenters. The van der Waals surface area contributed by atoms with E-state index in [2.05, 4.69) is 5.32 Å². The summed E-state index contributed by atoms with van der Waals surface area (Å²) in [6.07, 6.45) is 2.38. The zero-order valence-electron chi connectivity index (χ0n) is 7.94. The van der Waals surface area contributed by atoms with Gasteiger partial charge in [0.1, 0.15) is 0 Å². The van der Waals surface area contributed by atoms with Gasteiger partial charge in [0.2, 0.25) is 5.91 Å². The van der Waals surface area contributed by atoms with Crippen LogP contribution in [0.15, 0.2) is 0 Å². The summed E-state index contributed by atoms with van der Waals surface area (Å²) in [4.78, 5) is 11.3. The topological polar surface area (TPSA) is 38.3 Å². The minimum Gasteiger partial charge on any atom is -0.379 e. The first-order chi connectivity index (χ1) is 6.16. The van der Waals surface area contributed by atoms with Gasteiger partial charge in [0.15, 0.2) is 0 Å². The van der Waals surface area contributed by atoms with Crippen molar-refractivity contribution in [1.82, 2.24) is 5.32 Å². The van der Waals surface area contributed by atoms with Crippen LogP contribution in [0.25, 0.3) is 0 Å². The van der Waals surface area contributed by atoms with Crippen molar-refractivity contribution in [2.75, 3.05) is 19.1 Å². The maximum Gasteiger partial charge on any atom is 0.221 e. The molecule has 0 bridgehead atoms. The van der Waals surface area contributed by atoms with Crippen LogP contribution in [0.5, 0.6) is 0 Å². The van der Waals surface area contributed by atoms with Crippen molar-refractivity contribution in [3.8, 4) is 0 Å². The SMILES string of the molecule is CC1(NC(=O)CCCl)CCCOC1. The fraction of sp³-hybridized carbons (Fsp3) is 0.889. The van der Waals surface area contributed by atoms with E-state index in [-0.39, 0.29) is 11.4 Å². The van der Waals surface area contributed by atoms with Gasteiger partial charge in [-0.15, -0.1) is 11.6 Å². The molecule has 76 valence electrons. The second-order valence-corrected chi connectivity index (χ2v) is 4.08. The quantitative estimate of drug-likeness (QED) is 0.706. The number of rotatable bonds is 3. The molecule has 4 heteroatoms. The third-order valence-electron chi connectivity index (χ3n) is 2.20. The van der Waals surface area contributed by atoms with E-state index in [0.717, 1.165) is 19.4 Å². The van der Waals surface area contributed by atoms with E-state index in [9.17, 15) is 4.79 Å². The highest BCUT2D eigenvalue weighted by atomic mass is 35.5. The molecule has 0 spiro atoms. The molecule has 1 saturated heterocycles. The number of alkyl halides is 1. The fourth-order valence-corrected chi connectivity index (χ4v) is 1.69. The Morgan fingerprint density at radius 3 is 3.00 bits per heavy atom. The van der Waals surface area contributed by atoms with Gasteiger partial charge in [-0.1, -0.05) is 0 Å². The predicted octanol–water partition coefficient (Wildman–Crippen LogP) is 1.30. The minimum absolute atomic E-state index is 0.0167. The lowest BCUT2D eigenvalue weighted by Crippen LogP contribution is -2.51. The standard InChI is InChI=1S/C9H16ClNO2/c1-9(4-2-6-13-7-9)11-8(12)3-5-10/h2-7H2,1H3,(H,11,12). The molecule has 1 fully saturated rings. The van der Waals surface area contributed by atoms with Crippen LogP contribution in [0, 0.1) is 0 Å². The molecule has 1 amide bonds. The van der Waals surface area contributed by atoms with E-state index >= 15 is 0 Å². The number of ether oxygens (including phenoxy) is 1. The molecule has 13 heavy (non-hydrogen) atoms. The van der Waals surface area contributed by atoms with Crippen LogP contribution in [0.4, 0.5) is 0 Å². The number of hydrogen-bond acceptors (Lipinski definition) is 2. The molecule has 1 N–H and O–H groups in total. The molecule has 0 aromatic carbocycles. The highest BCUT2D eigenvalue weighted by molar-refractivity contribution is 6.18. The first kappa shape index (κ1) is 10.8. The molecular weight excluding hydrogens is 190 g/mol. The van der Waals surface area contributed by atoms with Crippen LogP contribution in [-0.4, -0.2) is 30.5 Å². The summed E-state index contributed by atoms with van der Waals surface area (Å²) in [5.41, 5.74) is -0.179. The van der Waals surface area contributed by atoms with Gasteiger partial charge in [-0.25, -0.2) is 0 Å². The Bertz CT molecular complexity index is 178. The Morgan fingerprint density at radius 2 is 2.46 bits per heavy atom. The summed E-state index contributed by atoms with van der Waals surface area (Å²) in [7, 11) is 0. The van der Waals surface area contributed by atoms with Crippen molar-refractivity contribution in [2.45, 2.75) is 31.7 Å². The van der Waals surface area contributed by atoms with E-state index < -0.39 is 0 Å². The van der Waals surface area contributed by atoms with E-state index in [1.807, 2.05) is 6.92 Å². The average Bonchev–Trinajstić information content (AvgIpc) is 2.04. The molecule has 1 aliphatic rings. The van der Waals surface area contributed by atoms with Gasteiger partial charge in [-0.05, 0) is 19.8 Å². The third kappa shape index (κ3) is 3.53. The lowest BCUT2D eigenvalue weighted by molar-refractivity contribution is -0.124. The first-order valence-corrected chi connectivity index (χ1v) is 5.14. The number of carbonyl (C=O) groups is 1. The van der Waals surface area contributed by atoms with Crippen LogP contribution < -0.4 is 5.32 Å². The minimum atomic E-state index is -0.179. The largest absolute Gasteiger partial charge is 0.379 e. The van der Waals surface area contributed by atoms with E-state index in [0.29, 0.717) is 18.9 Å². The van der Waals surface area contributed by atoms with Gasteiger partial charge in [0.25, 0.3) is 0 Å². The van der Waals surface area contributed by atoms with E-state index in [1.54, 1.807) is 0 Å². The van der Waals surface area contributed by atoms with Crippen LogP contribution in [-0.2, 0) is 9.53 Å². The van der Waals surface area contributed by atoms with Gasteiger partial charge in [-0.2, -0.15) is 0 Å². The lowest BCUT2D eigenvalue weighted by atomic mass is 9.95. The Kier molecular flexibility index (Phi) is 4.00. The van der Waals surface area contributed by atoms with Gasteiger partial charge in [-0.3, -0.25) is 4.79 Å². The van der Waals surface area contributed by atoms with Crippen molar-refractivity contribution < 1.29 is 9.53 Å². The van der Waals surface area contributed by atoms with Crippen molar-refractivity contribution in [1.29, 1.82) is 0 Å². The van der Waals surface area contributed by atoms with Gasteiger partial charge in [0, 0.05) is 18.9 Å². The number of carbonyl (C=O) groups excluding carboxylic acids is 1. The van der Waals surface area contributed by atoms with Crippen molar-refractivity contribution in [3.05, 3.63) is 0 Å². The Balaban J connectivity index is 2.36. The molecule has 1 rings (SSSR count). The van der Waals surface area contributed by atoms with Gasteiger partial charge < -0.3 is 10.1 Å². The Morgan fingerprint density at radius 1 is 1.69 bits per heavy atom. The number of halogens is 1. The Labute approximate surface area is 83.8 Å². The number of amides is 1. The van der Waals surface area contributed by atoms with Crippen molar-refractivity contribution in [3.63, 3.8) is 0 Å². The van der Waals surface area contributed by atoms with Crippen LogP contribution >= 0.6 is 11.6 Å². The molecule has 0 saturated carbocycles. The first-order valence-electron chi connectivity index (χ1n) is 4.61. The summed E-state index contributed by atoms with van der Waals surface area (Å²) >= 11 is 5.47. The molecule has 1 heterocycles. The summed E-state index contributed by atoms with van der Waals surface area (Å²) in [6.45, 7) is 3.43. The molecule has 0 aliphatic carbocycles. The average molecular weight is 206 g/mol. The zero-order valence-corrected chi connectivity index (χ0v) is 8.69. The summed E-state index contributed by atoms with van der Waals surface area (Å²) in [5.74, 6) is 0.394. The molecule has 0 aromatic rings. The molecule has 0 radical (unpaired) electrons. The van der Waals surface area contributed by atoms with Crippen LogP contribution in [0.2, 0.25) is 0 Å². The molecule has 1 atom stereocenters. The highest BCUT2D eigenvalue weighted by Crippen LogP contribution is 2.18. The molecule has 0 aromatic heterocycles. The summed E-state index contributed by atoms with van der Waals surface area (Å²) < 4.78 is 5.32. The third-order valence-corrected chi connectivity index (χ3v) is 2.39. The number of hydrogen-bond donors (Lipinski definition) is 1. The molecule has 1 aliphatic heterocycles. The monoisotopic (exact) mass is 205 g/mol. The normalized spacial score (nSPS) is 28.5. The second kappa shape index (κ2) is 4.82. The van der Waals surface area contributed by atoms with Crippen molar-refractivity contribution >= 4 is 17.5 Å². The maximum atomic E-state index is 11.3. The van der Waals surface area contributed by atoms with Gasteiger partial charge in [0.05, 0.1) is 12.1 Å². The smallest absolute Gasteiger partial charge is 0.221 e. The summed E-state index contributed by atoms with van der Waals surface area (Å²) in [5, 5.41) is 2.95. The maximum absolute atomic E-state index is 11.3. The Hall–Kier alpha value is -0.280. The van der Waals surface area contributed by atoms with E-state index in [4.69, 9.17) is 16.3 Å². The van der Waals surface area contributed by atoms with Crippen LogP contribution in [0.1, 0.15) is 26.2 Å². The van der Waals surface area contributed by atoms with Crippen LogP contribution in [0.3, 0.4) is 0 Å². The number of nitrogens with one attached hydrogen (secondary N) is 1. The fourth-order valence-electron chi connectivity index (χ4n) is 1.52.